The van der Waals surface area contributed by atoms with E-state index in [9.17, 15) is 5.11 Å². The summed E-state index contributed by atoms with van der Waals surface area (Å²) >= 11 is 0. The van der Waals surface area contributed by atoms with Crippen LogP contribution in [0.1, 0.15) is 51.9 Å². The minimum Gasteiger partial charge on any atom is -0.388 e. The van der Waals surface area contributed by atoms with Crippen molar-refractivity contribution < 1.29 is 9.84 Å². The van der Waals surface area contributed by atoms with Crippen LogP contribution in [0.25, 0.3) is 0 Å². The fraction of sp³-hybridized carbons (Fsp3) is 0.941. The summed E-state index contributed by atoms with van der Waals surface area (Å²) in [5.41, 5.74) is -0.567. The van der Waals surface area contributed by atoms with E-state index in [4.69, 9.17) is 4.74 Å². The van der Waals surface area contributed by atoms with Crippen molar-refractivity contribution in [3.8, 4) is 0 Å². The molecule has 2 fully saturated rings. The van der Waals surface area contributed by atoms with E-state index in [1.54, 1.807) is 0 Å². The molecule has 5 nitrogen and oxygen atoms in total. The third-order valence-electron chi connectivity index (χ3n) is 4.97. The van der Waals surface area contributed by atoms with Gasteiger partial charge in [-0.25, -0.2) is 0 Å². The third kappa shape index (κ3) is 7.13. The van der Waals surface area contributed by atoms with E-state index in [2.05, 4.69) is 29.2 Å². The zero-order valence-electron chi connectivity index (χ0n) is 14.7. The number of halogens is 1. The smallest absolute Gasteiger partial charge is 0.193 e. The maximum Gasteiger partial charge on any atom is 0.193 e. The number of hydrogen-bond acceptors (Lipinski definition) is 3. The Balaban J connectivity index is 0.00000264. The molecule has 6 heteroatoms. The molecule has 0 aromatic heterocycles. The summed E-state index contributed by atoms with van der Waals surface area (Å²) in [7, 11) is 2.10. The van der Waals surface area contributed by atoms with Gasteiger partial charge < -0.3 is 20.1 Å². The molecule has 2 rings (SSSR count). The number of nitrogens with zero attached hydrogens (tertiary/aromatic N) is 2. The Bertz CT molecular complexity index is 354. The van der Waals surface area contributed by atoms with Crippen LogP contribution in [0.15, 0.2) is 4.99 Å². The number of hydrogen-bond donors (Lipinski definition) is 2. The van der Waals surface area contributed by atoms with Crippen LogP contribution in [0.5, 0.6) is 0 Å². The molecule has 0 spiro atoms. The van der Waals surface area contributed by atoms with Gasteiger partial charge >= 0.3 is 0 Å². The lowest BCUT2D eigenvalue weighted by atomic mass is 9.96. The highest BCUT2D eigenvalue weighted by Gasteiger charge is 2.31. The number of rotatable bonds is 6. The van der Waals surface area contributed by atoms with E-state index in [0.29, 0.717) is 6.54 Å². The van der Waals surface area contributed by atoms with Crippen LogP contribution in [0.2, 0.25) is 0 Å². The molecule has 1 aliphatic carbocycles. The van der Waals surface area contributed by atoms with Gasteiger partial charge in [0.25, 0.3) is 0 Å². The molecule has 2 aliphatic rings. The molecular formula is C17H34IN3O2. The normalized spacial score (nSPS) is 21.8. The van der Waals surface area contributed by atoms with E-state index in [1.807, 2.05) is 0 Å². The van der Waals surface area contributed by atoms with Gasteiger partial charge in [0.1, 0.15) is 0 Å². The molecule has 0 aromatic rings. The molecule has 1 aliphatic heterocycles. The summed E-state index contributed by atoms with van der Waals surface area (Å²) in [6, 6.07) is 0. The molecule has 2 N–H and O–H groups in total. The Morgan fingerprint density at radius 1 is 1.30 bits per heavy atom. The van der Waals surface area contributed by atoms with Crippen LogP contribution in [0, 0.1) is 5.92 Å². The summed E-state index contributed by atoms with van der Waals surface area (Å²) in [5.74, 6) is 1.70. The van der Waals surface area contributed by atoms with Crippen molar-refractivity contribution in [2.75, 3.05) is 39.9 Å². The highest BCUT2D eigenvalue weighted by molar-refractivity contribution is 14.0. The Kier molecular flexibility index (Phi) is 9.77. The number of ether oxygens (including phenoxy) is 1. The Labute approximate surface area is 158 Å². The predicted octanol–water partition coefficient (Wildman–Crippen LogP) is 2.62. The van der Waals surface area contributed by atoms with Gasteiger partial charge in [0, 0.05) is 33.4 Å². The van der Waals surface area contributed by atoms with Gasteiger partial charge in [-0.1, -0.05) is 12.8 Å². The summed E-state index contributed by atoms with van der Waals surface area (Å²) < 4.78 is 5.42. The van der Waals surface area contributed by atoms with Crippen LogP contribution < -0.4 is 5.32 Å². The second-order valence-electron chi connectivity index (χ2n) is 6.87. The molecule has 0 amide bonds. The average molecular weight is 439 g/mol. The first-order valence-electron chi connectivity index (χ1n) is 8.92. The fourth-order valence-electron chi connectivity index (χ4n) is 3.40. The van der Waals surface area contributed by atoms with Gasteiger partial charge in [0.15, 0.2) is 5.96 Å². The zero-order chi connectivity index (χ0) is 15.8. The molecule has 1 heterocycles. The van der Waals surface area contributed by atoms with Gasteiger partial charge in [-0.05, 0) is 44.9 Å². The topological polar surface area (TPSA) is 57.1 Å². The number of nitrogens with one attached hydrogen (secondary N) is 1. The van der Waals surface area contributed by atoms with Gasteiger partial charge in [-0.15, -0.1) is 24.0 Å². The number of aliphatic imine (C=N–C) groups is 1. The quantitative estimate of drug-likeness (QED) is 0.380. The zero-order valence-corrected chi connectivity index (χ0v) is 17.1. The summed E-state index contributed by atoms with van der Waals surface area (Å²) in [4.78, 5) is 6.89. The lowest BCUT2D eigenvalue weighted by Crippen LogP contribution is -2.41. The van der Waals surface area contributed by atoms with Crippen LogP contribution >= 0.6 is 24.0 Å². The molecule has 136 valence electrons. The first-order chi connectivity index (χ1) is 10.6. The first-order valence-corrected chi connectivity index (χ1v) is 8.92. The van der Waals surface area contributed by atoms with Crippen LogP contribution in [0.3, 0.4) is 0 Å². The van der Waals surface area contributed by atoms with Crippen molar-refractivity contribution >= 4 is 29.9 Å². The van der Waals surface area contributed by atoms with E-state index < -0.39 is 5.60 Å². The lowest BCUT2D eigenvalue weighted by Gasteiger charge is -2.28. The highest BCUT2D eigenvalue weighted by Crippen LogP contribution is 2.29. The minimum absolute atomic E-state index is 0. The second kappa shape index (κ2) is 10.7. The highest BCUT2D eigenvalue weighted by atomic mass is 127. The van der Waals surface area contributed by atoms with Crippen molar-refractivity contribution in [1.82, 2.24) is 10.2 Å². The Morgan fingerprint density at radius 3 is 2.57 bits per heavy atom. The van der Waals surface area contributed by atoms with E-state index in [-0.39, 0.29) is 24.0 Å². The van der Waals surface area contributed by atoms with Gasteiger partial charge in [0.2, 0.25) is 0 Å². The van der Waals surface area contributed by atoms with Crippen LogP contribution in [0.4, 0.5) is 0 Å². The van der Waals surface area contributed by atoms with Gasteiger partial charge in [0.05, 0.1) is 12.1 Å². The second-order valence-corrected chi connectivity index (χ2v) is 6.87. The maximum absolute atomic E-state index is 10.5. The number of aliphatic hydroxyl groups is 1. The Hall–Kier alpha value is -0.0800. The largest absolute Gasteiger partial charge is 0.388 e. The molecule has 1 saturated heterocycles. The standard InChI is InChI=1S/C17H33N3O2.HI/c1-3-18-16(19-14-17(21)9-4-5-10-17)20(2)11-6-15-7-12-22-13-8-15;/h15,21H,3-14H2,1-2H3,(H,18,19);1H. The van der Waals surface area contributed by atoms with Crippen LogP contribution in [-0.4, -0.2) is 61.5 Å². The minimum atomic E-state index is -0.567. The molecule has 0 unspecified atom stereocenters. The molecule has 0 radical (unpaired) electrons. The predicted molar refractivity (Wildman–Crippen MR) is 106 cm³/mol. The molecule has 0 bridgehead atoms. The average Bonchev–Trinajstić information content (AvgIpc) is 2.97. The van der Waals surface area contributed by atoms with Crippen molar-refractivity contribution in [3.63, 3.8) is 0 Å². The fourth-order valence-corrected chi connectivity index (χ4v) is 3.40. The maximum atomic E-state index is 10.5. The van der Waals surface area contributed by atoms with E-state index >= 15 is 0 Å². The van der Waals surface area contributed by atoms with Crippen LogP contribution in [-0.2, 0) is 4.74 Å². The van der Waals surface area contributed by atoms with E-state index in [0.717, 1.165) is 63.9 Å². The van der Waals surface area contributed by atoms with Crippen molar-refractivity contribution in [1.29, 1.82) is 0 Å². The van der Waals surface area contributed by atoms with Gasteiger partial charge in [-0.3, -0.25) is 4.99 Å². The number of guanidine groups is 1. The lowest BCUT2D eigenvalue weighted by molar-refractivity contribution is 0.0568. The monoisotopic (exact) mass is 439 g/mol. The molecule has 0 atom stereocenters. The van der Waals surface area contributed by atoms with Crippen molar-refractivity contribution in [2.45, 2.75) is 57.5 Å². The SMILES string of the molecule is CCNC(=NCC1(O)CCCC1)N(C)CCC1CCOCC1.I. The molecule has 0 aromatic carbocycles. The first kappa shape index (κ1) is 21.0. The Morgan fingerprint density at radius 2 is 1.96 bits per heavy atom. The summed E-state index contributed by atoms with van der Waals surface area (Å²) in [6.45, 7) is 6.31. The molecular weight excluding hydrogens is 405 g/mol. The third-order valence-corrected chi connectivity index (χ3v) is 4.97. The molecule has 1 saturated carbocycles. The van der Waals surface area contributed by atoms with Crippen molar-refractivity contribution in [3.05, 3.63) is 0 Å². The summed E-state index contributed by atoms with van der Waals surface area (Å²) in [6.07, 6.45) is 7.59. The summed E-state index contributed by atoms with van der Waals surface area (Å²) in [5, 5.41) is 13.8. The van der Waals surface area contributed by atoms with E-state index in [1.165, 1.54) is 19.3 Å². The van der Waals surface area contributed by atoms with Crippen molar-refractivity contribution in [2.24, 2.45) is 10.9 Å². The molecule has 23 heavy (non-hydrogen) atoms. The van der Waals surface area contributed by atoms with Gasteiger partial charge in [-0.2, -0.15) is 0 Å².